The van der Waals surface area contributed by atoms with E-state index in [4.69, 9.17) is 9.72 Å². The lowest BCUT2D eigenvalue weighted by molar-refractivity contribution is -0.0543. The highest BCUT2D eigenvalue weighted by Crippen LogP contribution is 2.39. The van der Waals surface area contributed by atoms with Gasteiger partial charge in [-0.3, -0.25) is 9.36 Å². The topological polar surface area (TPSA) is 44.1 Å². The summed E-state index contributed by atoms with van der Waals surface area (Å²) < 4.78 is 7.87. The number of rotatable bonds is 4. The van der Waals surface area contributed by atoms with Gasteiger partial charge in [0.15, 0.2) is 5.16 Å². The number of hydrogen-bond acceptors (Lipinski definition) is 5. The third-order valence-corrected chi connectivity index (χ3v) is 7.14. The van der Waals surface area contributed by atoms with Crippen LogP contribution >= 0.6 is 23.1 Å². The van der Waals surface area contributed by atoms with E-state index in [-0.39, 0.29) is 11.2 Å². The summed E-state index contributed by atoms with van der Waals surface area (Å²) in [6, 6.07) is 9.82. The van der Waals surface area contributed by atoms with Gasteiger partial charge < -0.3 is 4.74 Å². The lowest BCUT2D eigenvalue weighted by Gasteiger charge is -2.32. The molecule has 0 N–H and O–H groups in total. The average molecular weight is 401 g/mol. The fourth-order valence-electron chi connectivity index (χ4n) is 3.42. The molecule has 27 heavy (non-hydrogen) atoms. The zero-order valence-electron chi connectivity index (χ0n) is 16.1. The number of para-hydroxylation sites is 1. The van der Waals surface area contributed by atoms with Crippen LogP contribution in [-0.2, 0) is 17.8 Å². The lowest BCUT2D eigenvalue weighted by Crippen LogP contribution is -2.34. The Morgan fingerprint density at radius 1 is 1.33 bits per heavy atom. The van der Waals surface area contributed by atoms with Crippen LogP contribution < -0.4 is 5.56 Å². The number of benzene rings is 1. The van der Waals surface area contributed by atoms with Crippen molar-refractivity contribution >= 4 is 33.3 Å². The normalized spacial score (nSPS) is 19.6. The summed E-state index contributed by atoms with van der Waals surface area (Å²) in [6.45, 7) is 9.08. The Balaban J connectivity index is 1.99. The smallest absolute Gasteiger partial charge is 0.267 e. The highest BCUT2D eigenvalue weighted by Gasteiger charge is 2.33. The Labute approximate surface area is 167 Å². The van der Waals surface area contributed by atoms with Crippen molar-refractivity contribution in [2.45, 2.75) is 63.2 Å². The Bertz CT molecular complexity index is 1040. The summed E-state index contributed by atoms with van der Waals surface area (Å²) in [6.07, 6.45) is 1.69. The van der Waals surface area contributed by atoms with Crippen LogP contribution in [0, 0.1) is 0 Å². The van der Waals surface area contributed by atoms with E-state index in [0.717, 1.165) is 44.3 Å². The molecule has 6 heteroatoms. The van der Waals surface area contributed by atoms with Crippen LogP contribution in [0.15, 0.2) is 40.3 Å². The summed E-state index contributed by atoms with van der Waals surface area (Å²) >= 11 is 3.23. The van der Waals surface area contributed by atoms with E-state index in [0.29, 0.717) is 11.9 Å². The van der Waals surface area contributed by atoms with Gasteiger partial charge in [0.1, 0.15) is 4.83 Å². The molecule has 142 valence electrons. The van der Waals surface area contributed by atoms with E-state index < -0.39 is 0 Å². The van der Waals surface area contributed by atoms with Crippen molar-refractivity contribution in [3.63, 3.8) is 0 Å². The fourth-order valence-corrected chi connectivity index (χ4v) is 5.43. The van der Waals surface area contributed by atoms with Gasteiger partial charge in [-0.2, -0.15) is 0 Å². The number of aromatic nitrogens is 2. The number of nitrogens with zero attached hydrogens (tertiary/aromatic N) is 2. The summed E-state index contributed by atoms with van der Waals surface area (Å²) in [5.74, 6) is 0. The summed E-state index contributed by atoms with van der Waals surface area (Å²) in [4.78, 5) is 20.5. The maximum absolute atomic E-state index is 13.6. The van der Waals surface area contributed by atoms with Gasteiger partial charge in [-0.25, -0.2) is 4.98 Å². The molecule has 0 spiro atoms. The first-order valence-electron chi connectivity index (χ1n) is 9.35. The van der Waals surface area contributed by atoms with Gasteiger partial charge in [0.2, 0.25) is 0 Å². The largest absolute Gasteiger partial charge is 0.369 e. The fraction of sp³-hybridized carbons (Fsp3) is 0.429. The minimum absolute atomic E-state index is 0.0344. The molecule has 4 nitrogen and oxygen atoms in total. The van der Waals surface area contributed by atoms with E-state index in [9.17, 15) is 4.79 Å². The molecule has 1 atom stereocenters. The lowest BCUT2D eigenvalue weighted by atomic mass is 9.90. The molecular weight excluding hydrogens is 376 g/mol. The van der Waals surface area contributed by atoms with Crippen LogP contribution in [0.5, 0.6) is 0 Å². The van der Waals surface area contributed by atoms with Gasteiger partial charge in [-0.05, 0) is 31.0 Å². The second-order valence-corrected chi connectivity index (χ2v) is 10.1. The van der Waals surface area contributed by atoms with Crippen LogP contribution in [-0.4, -0.2) is 20.4 Å². The molecule has 0 saturated carbocycles. The molecule has 0 aliphatic carbocycles. The number of thioether (sulfide) groups is 1. The van der Waals surface area contributed by atoms with E-state index in [1.807, 2.05) is 30.3 Å². The van der Waals surface area contributed by atoms with Crippen LogP contribution in [0.3, 0.4) is 0 Å². The van der Waals surface area contributed by atoms with Crippen molar-refractivity contribution in [3.05, 3.63) is 51.1 Å². The van der Waals surface area contributed by atoms with E-state index in [2.05, 4.69) is 27.7 Å². The third kappa shape index (κ3) is 3.35. The van der Waals surface area contributed by atoms with Gasteiger partial charge in [0.05, 0.1) is 23.3 Å². The zero-order chi connectivity index (χ0) is 19.2. The van der Waals surface area contributed by atoms with Crippen molar-refractivity contribution in [2.24, 2.45) is 0 Å². The highest BCUT2D eigenvalue weighted by atomic mass is 32.2. The number of hydrogen-bond donors (Lipinski definition) is 0. The highest BCUT2D eigenvalue weighted by molar-refractivity contribution is 7.99. The Kier molecular flexibility index (Phi) is 4.91. The van der Waals surface area contributed by atoms with Gasteiger partial charge in [0.25, 0.3) is 5.56 Å². The van der Waals surface area contributed by atoms with Gasteiger partial charge in [-0.1, -0.05) is 50.7 Å². The second kappa shape index (κ2) is 7.08. The molecule has 3 heterocycles. The Morgan fingerprint density at radius 3 is 2.74 bits per heavy atom. The quantitative estimate of drug-likeness (QED) is 0.447. The van der Waals surface area contributed by atoms with Crippen molar-refractivity contribution in [1.82, 2.24) is 9.55 Å². The summed E-state index contributed by atoms with van der Waals surface area (Å²) in [5, 5.41) is 1.87. The second-order valence-electron chi connectivity index (χ2n) is 7.49. The van der Waals surface area contributed by atoms with Crippen LogP contribution in [0.4, 0.5) is 0 Å². The number of fused-ring (bicyclic) bond motifs is 3. The monoisotopic (exact) mass is 400 g/mol. The molecular formula is C21H24N2O2S2. The Morgan fingerprint density at radius 2 is 2.07 bits per heavy atom. The van der Waals surface area contributed by atoms with Crippen molar-refractivity contribution in [3.8, 4) is 5.69 Å². The summed E-state index contributed by atoms with van der Waals surface area (Å²) in [7, 11) is 0. The molecule has 0 bridgehead atoms. The number of ether oxygens (including phenoxy) is 1. The molecule has 0 saturated heterocycles. The predicted octanol–water partition coefficient (Wildman–Crippen LogP) is 5.19. The molecule has 1 aliphatic heterocycles. The molecule has 4 rings (SSSR count). The van der Waals surface area contributed by atoms with E-state index in [1.54, 1.807) is 27.7 Å². The standard InChI is InChI=1S/C21H24N2O2S2/c1-5-21(4)11-15-16(12-25-21)27-18-17(15)19(24)23(14-9-7-6-8-10-14)20(22-18)26-13(2)3/h6-10,13H,5,11-12H2,1-4H3/t21-/m1/s1. The molecule has 3 aromatic rings. The Hall–Kier alpha value is -1.63. The van der Waals surface area contributed by atoms with Crippen molar-refractivity contribution in [1.29, 1.82) is 0 Å². The predicted molar refractivity (Wildman–Crippen MR) is 113 cm³/mol. The minimum atomic E-state index is -0.212. The van der Waals surface area contributed by atoms with Crippen LogP contribution in [0.25, 0.3) is 15.9 Å². The average Bonchev–Trinajstić information content (AvgIpc) is 2.99. The zero-order valence-corrected chi connectivity index (χ0v) is 17.7. The van der Waals surface area contributed by atoms with Gasteiger partial charge >= 0.3 is 0 Å². The minimum Gasteiger partial charge on any atom is -0.369 e. The van der Waals surface area contributed by atoms with E-state index >= 15 is 0 Å². The first-order chi connectivity index (χ1) is 12.9. The molecule has 1 aromatic carbocycles. The van der Waals surface area contributed by atoms with Gasteiger partial charge in [-0.15, -0.1) is 11.3 Å². The molecule has 1 aliphatic rings. The molecule has 0 radical (unpaired) electrons. The first kappa shape index (κ1) is 18.7. The maximum Gasteiger partial charge on any atom is 0.267 e. The SMILES string of the molecule is CC[C@]1(C)Cc2c(sc3nc(SC(C)C)n(-c4ccccc4)c(=O)c23)CO1. The maximum atomic E-state index is 13.6. The molecule has 0 unspecified atom stereocenters. The molecule has 0 amide bonds. The first-order valence-corrected chi connectivity index (χ1v) is 11.0. The van der Waals surface area contributed by atoms with Crippen molar-refractivity contribution < 1.29 is 4.74 Å². The third-order valence-electron chi connectivity index (χ3n) is 5.08. The van der Waals surface area contributed by atoms with E-state index in [1.165, 1.54) is 0 Å². The van der Waals surface area contributed by atoms with Crippen LogP contribution in [0.2, 0.25) is 0 Å². The summed E-state index contributed by atoms with van der Waals surface area (Å²) in [5.41, 5.74) is 1.82. The molecule has 2 aromatic heterocycles. The molecule has 0 fully saturated rings. The number of thiophene rings is 1. The van der Waals surface area contributed by atoms with Gasteiger partial charge in [0, 0.05) is 16.5 Å². The van der Waals surface area contributed by atoms with Crippen molar-refractivity contribution in [2.75, 3.05) is 0 Å². The van der Waals surface area contributed by atoms with Crippen LogP contribution in [0.1, 0.15) is 44.6 Å².